The van der Waals surface area contributed by atoms with Crippen molar-refractivity contribution in [2.45, 2.75) is 40.5 Å². The van der Waals surface area contributed by atoms with Gasteiger partial charge in [-0.15, -0.1) is 0 Å². The highest BCUT2D eigenvalue weighted by Gasteiger charge is 2.42. The average molecular weight is 1480 g/mol. The molecule has 14 aromatic rings. The molecule has 15 heteroatoms. The number of rotatable bonds is 6. The van der Waals surface area contributed by atoms with Gasteiger partial charge in [-0.3, -0.25) is 22.8 Å². The third kappa shape index (κ3) is 13.5. The van der Waals surface area contributed by atoms with E-state index in [1.165, 1.54) is 5.56 Å². The van der Waals surface area contributed by atoms with E-state index in [9.17, 15) is 22.8 Å². The van der Waals surface area contributed by atoms with Gasteiger partial charge in [-0.2, -0.15) is 0 Å². The molecule has 0 N–H and O–H groups in total. The van der Waals surface area contributed by atoms with E-state index in [1.807, 2.05) is 347 Å². The summed E-state index contributed by atoms with van der Waals surface area (Å²) in [5, 5.41) is 6.92. The van der Waals surface area contributed by atoms with Crippen LogP contribution in [0.4, 0.5) is 0 Å². The van der Waals surface area contributed by atoms with Gasteiger partial charge in [0.25, 0.3) is 7.37 Å². The van der Waals surface area contributed by atoms with Gasteiger partial charge < -0.3 is 22.6 Å². The van der Waals surface area contributed by atoms with Crippen LogP contribution < -0.4 is 70.4 Å². The molecule has 0 amide bonds. The van der Waals surface area contributed by atoms with Gasteiger partial charge in [-0.25, -0.2) is 0 Å². The van der Waals surface area contributed by atoms with Crippen LogP contribution in [0, 0.1) is 13.8 Å². The van der Waals surface area contributed by atoms with Crippen molar-refractivity contribution in [2.24, 2.45) is 0 Å². The van der Waals surface area contributed by atoms with Gasteiger partial charge in [0.05, 0.1) is 47.7 Å². The first-order valence-corrected chi connectivity index (χ1v) is 43.8. The monoisotopic (exact) mass is 1480 g/mol. The van der Waals surface area contributed by atoms with E-state index < -0.39 is 36.8 Å². The number of aryl methyl sites for hydroxylation is 4. The number of hydrogen-bond donors (Lipinski definition) is 0. The highest BCUT2D eigenvalue weighted by Crippen LogP contribution is 2.58. The Hall–Kier alpha value is -10.8. The minimum atomic E-state index is -3.13. The van der Waals surface area contributed by atoms with Gasteiger partial charge >= 0.3 is 29.5 Å². The fraction of sp³-hybridized carbons (Fsp3) is 0.0769. The maximum absolute atomic E-state index is 13.9. The van der Waals surface area contributed by atoms with Crippen molar-refractivity contribution < 1.29 is 45.4 Å². The third-order valence-corrected chi connectivity index (χ3v) is 30.9. The molecular weight excluding hydrogens is 1410 g/mol. The summed E-state index contributed by atoms with van der Waals surface area (Å²) in [7, 11) is -15.2. The van der Waals surface area contributed by atoms with Crippen LogP contribution in [0.3, 0.4) is 0 Å². The third-order valence-electron chi connectivity index (χ3n) is 19.4. The summed E-state index contributed by atoms with van der Waals surface area (Å²) >= 11 is 0. The molecule has 5 aliphatic heterocycles. The average Bonchev–Trinajstić information content (AvgIpc) is 0.465. The minimum absolute atomic E-state index is 0.685. The SMILES string of the molecule is CCc1ccc(P2(=O)Oc3ccccc3-c3ccccc32)cc1.CCc1cccc(P2(=O)Oc3ccccc3-c3ccccc32)c1.CP1(=O)Oc2ccccc2-c2ccccc21.Cc1ccc(P2(=O)Oc3ccccc3-c3ccccc32)cc1.Cc1cccc(P2(=O)Oc3ccccc3-c3ccccc32)c1. The number of para-hydroxylation sites is 5. The fourth-order valence-corrected chi connectivity index (χ4v) is 24.8. The standard InChI is InChI=1S/2C20H17O2P.2C19H15O2P.C13H11O2P/c1-2-15-8-7-9-16(14-15)23(21)20-13-6-4-11-18(20)17-10-3-5-12-19(17)22-23;1-2-15-11-13-16(14-12-15)23(21)20-10-6-4-8-18(20)17-7-3-5-9-19(17)22-23;1-14-7-6-8-15(13-14)22(20)19-12-5-3-10-17(19)16-9-2-4-11-18(16)21-22;1-14-10-12-15(13-11-14)22(20)19-9-5-3-7-17(19)16-6-2-4-8-18(16)21-22;1-16(14)13-9-5-3-7-11(13)10-6-2-4-8-12(10)15-16/h2*3-14H,2H2,1H3;2*2-13H,1H3;2-9H,1H3. The second-order valence-electron chi connectivity index (χ2n) is 26.3. The van der Waals surface area contributed by atoms with Crippen LogP contribution in [0.5, 0.6) is 28.7 Å². The summed E-state index contributed by atoms with van der Waals surface area (Å²) in [5.41, 5.74) is 14.6. The normalized spacial score (nSPS) is 19.3. The van der Waals surface area contributed by atoms with Crippen molar-refractivity contribution >= 4 is 84.6 Å². The Bertz CT molecular complexity index is 5930. The van der Waals surface area contributed by atoms with E-state index in [1.54, 1.807) is 6.66 Å². The molecule has 10 nitrogen and oxygen atoms in total. The first kappa shape index (κ1) is 70.9. The van der Waals surface area contributed by atoms with Crippen LogP contribution in [0.15, 0.2) is 340 Å². The predicted molar refractivity (Wildman–Crippen MR) is 437 cm³/mol. The Balaban J connectivity index is 0.000000107. The molecule has 5 unspecified atom stereocenters. The molecule has 14 aromatic carbocycles. The first-order chi connectivity index (χ1) is 51.5. The molecule has 0 aliphatic carbocycles. The first-order valence-electron chi connectivity index (χ1n) is 35.2. The van der Waals surface area contributed by atoms with E-state index in [0.717, 1.165) is 133 Å². The van der Waals surface area contributed by atoms with Gasteiger partial charge in [0.15, 0.2) is 0 Å². The van der Waals surface area contributed by atoms with E-state index in [2.05, 4.69) is 19.9 Å². The second-order valence-corrected chi connectivity index (χ2v) is 37.8. The molecule has 5 heterocycles. The van der Waals surface area contributed by atoms with Gasteiger partial charge in [-0.05, 0) is 175 Å². The molecule has 0 saturated heterocycles. The lowest BCUT2D eigenvalue weighted by Gasteiger charge is -2.29. The summed E-state index contributed by atoms with van der Waals surface area (Å²) in [4.78, 5) is 0. The molecule has 0 spiro atoms. The van der Waals surface area contributed by atoms with Gasteiger partial charge in [0.1, 0.15) is 28.7 Å². The Morgan fingerprint density at radius 1 is 0.226 bits per heavy atom. The lowest BCUT2D eigenvalue weighted by molar-refractivity contribution is 0.497. The van der Waals surface area contributed by atoms with Crippen molar-refractivity contribution in [3.8, 4) is 84.4 Å². The molecule has 5 atom stereocenters. The molecule has 19 rings (SSSR count). The molecule has 106 heavy (non-hydrogen) atoms. The molecular formula is C91H75O10P5. The van der Waals surface area contributed by atoms with Crippen LogP contribution in [-0.4, -0.2) is 6.66 Å². The highest BCUT2D eigenvalue weighted by molar-refractivity contribution is 7.76. The maximum atomic E-state index is 13.9. The summed E-state index contributed by atoms with van der Waals surface area (Å²) < 4.78 is 97.3. The Kier molecular flexibility index (Phi) is 19.8. The van der Waals surface area contributed by atoms with Crippen LogP contribution in [-0.2, 0) is 35.7 Å². The number of benzene rings is 14. The van der Waals surface area contributed by atoms with E-state index >= 15 is 0 Å². The summed E-state index contributed by atoms with van der Waals surface area (Å²) in [6.45, 7) is 9.89. The zero-order valence-corrected chi connectivity index (χ0v) is 63.5. The lowest BCUT2D eigenvalue weighted by Crippen LogP contribution is -2.25. The molecule has 0 aromatic heterocycles. The summed E-state index contributed by atoms with van der Waals surface area (Å²) in [6.07, 6.45) is 1.87. The molecule has 0 bridgehead atoms. The van der Waals surface area contributed by atoms with Crippen molar-refractivity contribution in [2.75, 3.05) is 6.66 Å². The molecule has 0 saturated carbocycles. The Labute approximate surface area is 619 Å². The van der Waals surface area contributed by atoms with Gasteiger partial charge in [0.2, 0.25) is 0 Å². The number of hydrogen-bond acceptors (Lipinski definition) is 10. The highest BCUT2D eigenvalue weighted by atomic mass is 31.2. The van der Waals surface area contributed by atoms with E-state index in [-0.39, 0.29) is 0 Å². The summed E-state index contributed by atoms with van der Waals surface area (Å²) in [6, 6.07) is 109. The second kappa shape index (κ2) is 29.6. The van der Waals surface area contributed by atoms with E-state index in [4.69, 9.17) is 22.6 Å². The van der Waals surface area contributed by atoms with Crippen LogP contribution in [0.25, 0.3) is 55.6 Å². The van der Waals surface area contributed by atoms with E-state index in [0.29, 0.717) is 28.7 Å². The van der Waals surface area contributed by atoms with Crippen LogP contribution >= 0.6 is 36.8 Å². The largest absolute Gasteiger partial charge is 0.439 e. The Morgan fingerprint density at radius 3 is 0.849 bits per heavy atom. The van der Waals surface area contributed by atoms with Gasteiger partial charge in [0, 0.05) is 34.5 Å². The summed E-state index contributed by atoms with van der Waals surface area (Å²) in [5.74, 6) is 3.47. The zero-order chi connectivity index (χ0) is 73.2. The lowest BCUT2D eigenvalue weighted by atomic mass is 10.0. The quantitative estimate of drug-likeness (QED) is 0.148. The van der Waals surface area contributed by atoms with Crippen molar-refractivity contribution in [3.63, 3.8) is 0 Å². The minimum Gasteiger partial charge on any atom is -0.439 e. The zero-order valence-electron chi connectivity index (χ0n) is 59.1. The Morgan fingerprint density at radius 2 is 0.500 bits per heavy atom. The smallest absolute Gasteiger partial charge is 0.307 e. The molecule has 524 valence electrons. The molecule has 0 radical (unpaired) electrons. The van der Waals surface area contributed by atoms with Crippen LogP contribution in [0.2, 0.25) is 0 Å². The number of fused-ring (bicyclic) bond motifs is 15. The van der Waals surface area contributed by atoms with Crippen molar-refractivity contribution in [3.05, 3.63) is 362 Å². The molecule has 5 aliphatic rings. The molecule has 0 fully saturated rings. The fourth-order valence-electron chi connectivity index (χ4n) is 13.9. The predicted octanol–water partition coefficient (Wildman–Crippen LogP) is 20.9. The van der Waals surface area contributed by atoms with Crippen LogP contribution in [0.1, 0.15) is 36.1 Å². The van der Waals surface area contributed by atoms with Crippen molar-refractivity contribution in [1.29, 1.82) is 0 Å². The van der Waals surface area contributed by atoms with Crippen molar-refractivity contribution in [1.82, 2.24) is 0 Å². The van der Waals surface area contributed by atoms with Gasteiger partial charge in [-0.1, -0.05) is 255 Å². The maximum Gasteiger partial charge on any atom is 0.307 e. The topological polar surface area (TPSA) is 132 Å².